The zero-order valence-electron chi connectivity index (χ0n) is 16.6. The normalized spacial score (nSPS) is 12.6. The van der Waals surface area contributed by atoms with Crippen LogP contribution in [0.2, 0.25) is 0 Å². The van der Waals surface area contributed by atoms with Crippen LogP contribution in [-0.4, -0.2) is 28.9 Å². The molecule has 0 fully saturated rings. The van der Waals surface area contributed by atoms with Crippen LogP contribution in [0.15, 0.2) is 71.5 Å². The molecule has 0 saturated heterocycles. The summed E-state index contributed by atoms with van der Waals surface area (Å²) in [5.41, 5.74) is 7.97. The van der Waals surface area contributed by atoms with Crippen molar-refractivity contribution in [2.75, 3.05) is 13.2 Å². The highest BCUT2D eigenvalue weighted by Gasteiger charge is 2.17. The summed E-state index contributed by atoms with van der Waals surface area (Å²) in [4.78, 5) is 24.4. The van der Waals surface area contributed by atoms with E-state index in [2.05, 4.69) is 0 Å². The van der Waals surface area contributed by atoms with Crippen LogP contribution in [0.5, 0.6) is 11.5 Å². The van der Waals surface area contributed by atoms with Gasteiger partial charge in [0, 0.05) is 17.0 Å². The van der Waals surface area contributed by atoms with Gasteiger partial charge in [-0.25, -0.2) is 0 Å². The number of amides is 1. The van der Waals surface area contributed by atoms with Crippen molar-refractivity contribution >= 4 is 16.7 Å². The van der Waals surface area contributed by atoms with Gasteiger partial charge < -0.3 is 15.2 Å². The maximum Gasteiger partial charge on any atom is 0.279 e. The molecule has 5 rings (SSSR count). The second-order valence-corrected chi connectivity index (χ2v) is 7.28. The Kier molecular flexibility index (Phi) is 4.63. The number of carbonyl (C=O) groups is 1. The number of hydrogen-bond acceptors (Lipinski definition) is 5. The molecule has 4 aromatic rings. The number of aromatic nitrogens is 2. The minimum Gasteiger partial charge on any atom is -0.486 e. The Labute approximate surface area is 177 Å². The third-order valence-electron chi connectivity index (χ3n) is 5.18. The molecule has 7 heteroatoms. The summed E-state index contributed by atoms with van der Waals surface area (Å²) in [5.74, 6) is 0.848. The average molecular weight is 413 g/mol. The molecule has 0 spiro atoms. The van der Waals surface area contributed by atoms with Gasteiger partial charge in [-0.15, -0.1) is 0 Å². The van der Waals surface area contributed by atoms with Crippen LogP contribution in [0.3, 0.4) is 0 Å². The Morgan fingerprint density at radius 2 is 1.65 bits per heavy atom. The molecule has 0 bridgehead atoms. The molecule has 31 heavy (non-hydrogen) atoms. The van der Waals surface area contributed by atoms with E-state index in [4.69, 9.17) is 20.3 Å². The van der Waals surface area contributed by atoms with Crippen LogP contribution in [0, 0.1) is 0 Å². The second kappa shape index (κ2) is 7.60. The van der Waals surface area contributed by atoms with Crippen LogP contribution < -0.4 is 20.8 Å². The molecule has 1 aliphatic heterocycles. The highest BCUT2D eigenvalue weighted by atomic mass is 16.6. The number of rotatable bonds is 4. The standard InChI is InChI=1S/C24H19N3O4/c25-22(28)13-15-5-7-16(8-6-15)23-18-3-1-2-4-19(18)24(29)27(26-23)17-9-10-20-21(14-17)31-12-11-30-20/h1-10,14H,11-13H2,(H2,25,28). The summed E-state index contributed by atoms with van der Waals surface area (Å²) in [7, 11) is 0. The van der Waals surface area contributed by atoms with E-state index in [0.717, 1.165) is 16.5 Å². The molecule has 1 amide bonds. The Morgan fingerprint density at radius 3 is 2.39 bits per heavy atom. The minimum absolute atomic E-state index is 0.172. The largest absolute Gasteiger partial charge is 0.486 e. The third-order valence-corrected chi connectivity index (χ3v) is 5.18. The van der Waals surface area contributed by atoms with Crippen molar-refractivity contribution in [3.63, 3.8) is 0 Å². The van der Waals surface area contributed by atoms with E-state index in [1.54, 1.807) is 24.3 Å². The maximum absolute atomic E-state index is 13.2. The second-order valence-electron chi connectivity index (χ2n) is 7.28. The lowest BCUT2D eigenvalue weighted by atomic mass is 10.0. The lowest BCUT2D eigenvalue weighted by Gasteiger charge is -2.19. The van der Waals surface area contributed by atoms with Crippen molar-refractivity contribution in [2.24, 2.45) is 5.73 Å². The van der Waals surface area contributed by atoms with Crippen LogP contribution in [-0.2, 0) is 11.2 Å². The molecule has 154 valence electrons. The average Bonchev–Trinajstić information content (AvgIpc) is 2.79. The van der Waals surface area contributed by atoms with Crippen molar-refractivity contribution in [1.29, 1.82) is 0 Å². The van der Waals surface area contributed by atoms with E-state index in [1.165, 1.54) is 4.68 Å². The number of benzene rings is 3. The SMILES string of the molecule is NC(=O)Cc1ccc(-c2nn(-c3ccc4c(c3)OCCO4)c(=O)c3ccccc23)cc1. The highest BCUT2D eigenvalue weighted by molar-refractivity contribution is 5.94. The van der Waals surface area contributed by atoms with Crippen LogP contribution in [0.4, 0.5) is 0 Å². The van der Waals surface area contributed by atoms with E-state index in [1.807, 2.05) is 42.5 Å². The number of hydrogen-bond donors (Lipinski definition) is 1. The monoisotopic (exact) mass is 413 g/mol. The van der Waals surface area contributed by atoms with Gasteiger partial charge in [-0.05, 0) is 23.8 Å². The predicted octanol–water partition coefficient (Wildman–Crippen LogP) is 2.85. The van der Waals surface area contributed by atoms with Gasteiger partial charge in [0.2, 0.25) is 5.91 Å². The molecule has 1 aliphatic rings. The van der Waals surface area contributed by atoms with E-state index in [-0.39, 0.29) is 17.9 Å². The van der Waals surface area contributed by atoms with Crippen LogP contribution in [0.25, 0.3) is 27.7 Å². The summed E-state index contributed by atoms with van der Waals surface area (Å²) < 4.78 is 12.6. The molecule has 0 atom stereocenters. The van der Waals surface area contributed by atoms with E-state index < -0.39 is 0 Å². The number of carbonyl (C=O) groups excluding carboxylic acids is 1. The predicted molar refractivity (Wildman–Crippen MR) is 117 cm³/mol. The summed E-state index contributed by atoms with van der Waals surface area (Å²) >= 11 is 0. The van der Waals surface area contributed by atoms with Gasteiger partial charge in [0.1, 0.15) is 13.2 Å². The quantitative estimate of drug-likeness (QED) is 0.555. The maximum atomic E-state index is 13.2. The van der Waals surface area contributed by atoms with Gasteiger partial charge >= 0.3 is 0 Å². The summed E-state index contributed by atoms with van der Waals surface area (Å²) in [5, 5.41) is 6.01. The molecule has 2 N–H and O–H groups in total. The van der Waals surface area contributed by atoms with E-state index in [9.17, 15) is 9.59 Å². The van der Waals surface area contributed by atoms with Crippen molar-refractivity contribution in [2.45, 2.75) is 6.42 Å². The molecular formula is C24H19N3O4. The third kappa shape index (κ3) is 3.50. The molecule has 7 nitrogen and oxygen atoms in total. The highest BCUT2D eigenvalue weighted by Crippen LogP contribution is 2.32. The van der Waals surface area contributed by atoms with Gasteiger partial charge in [-0.2, -0.15) is 9.78 Å². The molecule has 0 unspecified atom stereocenters. The molecule has 0 saturated carbocycles. The first-order chi connectivity index (χ1) is 15.1. The van der Waals surface area contributed by atoms with Crippen LogP contribution >= 0.6 is 0 Å². The lowest BCUT2D eigenvalue weighted by Crippen LogP contribution is -2.23. The Bertz CT molecular complexity index is 1360. The van der Waals surface area contributed by atoms with Gasteiger partial charge in [0.15, 0.2) is 11.5 Å². The van der Waals surface area contributed by atoms with Gasteiger partial charge in [0.25, 0.3) is 5.56 Å². The molecule has 0 aliphatic carbocycles. The molecular weight excluding hydrogens is 394 g/mol. The fraction of sp³-hybridized carbons (Fsp3) is 0.125. The smallest absolute Gasteiger partial charge is 0.279 e. The Morgan fingerprint density at radius 1 is 0.935 bits per heavy atom. The van der Waals surface area contributed by atoms with Crippen LogP contribution in [0.1, 0.15) is 5.56 Å². The molecule has 0 radical (unpaired) electrons. The summed E-state index contributed by atoms with van der Waals surface area (Å²) in [6, 6.07) is 20.2. The Balaban J connectivity index is 1.68. The Hall–Kier alpha value is -4.13. The zero-order chi connectivity index (χ0) is 21.4. The van der Waals surface area contributed by atoms with Crippen molar-refractivity contribution in [3.8, 4) is 28.4 Å². The van der Waals surface area contributed by atoms with E-state index in [0.29, 0.717) is 41.5 Å². The number of nitrogens with zero attached hydrogens (tertiary/aromatic N) is 2. The van der Waals surface area contributed by atoms with Crippen molar-refractivity contribution in [3.05, 3.63) is 82.6 Å². The fourth-order valence-corrected chi connectivity index (χ4v) is 3.72. The first kappa shape index (κ1) is 18.9. The number of fused-ring (bicyclic) bond motifs is 2. The number of nitrogens with two attached hydrogens (primary N) is 1. The minimum atomic E-state index is -0.386. The first-order valence-corrected chi connectivity index (χ1v) is 9.90. The van der Waals surface area contributed by atoms with E-state index >= 15 is 0 Å². The van der Waals surface area contributed by atoms with Gasteiger partial charge in [-0.1, -0.05) is 42.5 Å². The van der Waals surface area contributed by atoms with Gasteiger partial charge in [-0.3, -0.25) is 9.59 Å². The molecule has 3 aromatic carbocycles. The zero-order valence-corrected chi connectivity index (χ0v) is 16.6. The first-order valence-electron chi connectivity index (χ1n) is 9.90. The summed E-state index contributed by atoms with van der Waals surface area (Å²) in [6.07, 6.45) is 0.172. The van der Waals surface area contributed by atoms with Crippen molar-refractivity contribution in [1.82, 2.24) is 9.78 Å². The van der Waals surface area contributed by atoms with Crippen molar-refractivity contribution < 1.29 is 14.3 Å². The molecule has 1 aromatic heterocycles. The lowest BCUT2D eigenvalue weighted by molar-refractivity contribution is -0.117. The van der Waals surface area contributed by atoms with Gasteiger partial charge in [0.05, 0.1) is 23.2 Å². The number of ether oxygens (including phenoxy) is 2. The molecule has 2 heterocycles. The fourth-order valence-electron chi connectivity index (χ4n) is 3.72. The summed E-state index contributed by atoms with van der Waals surface area (Å²) in [6.45, 7) is 0.954. The topological polar surface area (TPSA) is 96.4 Å². The number of primary amides is 1.